The van der Waals surface area contributed by atoms with E-state index in [-0.39, 0.29) is 11.0 Å². The van der Waals surface area contributed by atoms with E-state index in [2.05, 4.69) is 22.1 Å². The molecule has 0 saturated heterocycles. The molecule has 0 spiro atoms. The first-order chi connectivity index (χ1) is 10.1. The highest BCUT2D eigenvalue weighted by atomic mass is 16.1. The number of nitrogens with one attached hydrogen (secondary N) is 1. The molecule has 0 bridgehead atoms. The highest BCUT2D eigenvalue weighted by Gasteiger charge is 2.43. The molecular weight excluding hydrogens is 264 g/mol. The Morgan fingerprint density at radius 3 is 2.86 bits per heavy atom. The van der Waals surface area contributed by atoms with Gasteiger partial charge in [0.2, 0.25) is 5.65 Å². The minimum absolute atomic E-state index is 0.0523. The van der Waals surface area contributed by atoms with E-state index >= 15 is 0 Å². The molecule has 1 fully saturated rings. The van der Waals surface area contributed by atoms with Crippen LogP contribution < -0.4 is 5.56 Å². The summed E-state index contributed by atoms with van der Waals surface area (Å²) in [5, 5.41) is 8.39. The summed E-state index contributed by atoms with van der Waals surface area (Å²) in [4.78, 5) is 15.2. The van der Waals surface area contributed by atoms with Crippen LogP contribution in [0.1, 0.15) is 38.1 Å². The van der Waals surface area contributed by atoms with Crippen LogP contribution in [0.4, 0.5) is 0 Å². The molecule has 0 atom stereocenters. The van der Waals surface area contributed by atoms with Gasteiger partial charge in [0.25, 0.3) is 5.56 Å². The van der Waals surface area contributed by atoms with Crippen molar-refractivity contribution in [3.63, 3.8) is 0 Å². The second-order valence-electron chi connectivity index (χ2n) is 5.94. The van der Waals surface area contributed by atoms with Crippen LogP contribution in [0.15, 0.2) is 29.1 Å². The Bertz CT molecular complexity index is 944. The number of benzene rings is 1. The molecule has 1 aromatic carbocycles. The first-order valence-electron chi connectivity index (χ1n) is 7.17. The summed E-state index contributed by atoms with van der Waals surface area (Å²) < 4.78 is 1.92. The van der Waals surface area contributed by atoms with E-state index in [9.17, 15) is 4.79 Å². The second-order valence-corrected chi connectivity index (χ2v) is 5.94. The zero-order chi connectivity index (χ0) is 14.6. The Morgan fingerprint density at radius 1 is 1.33 bits per heavy atom. The number of aromatic amines is 1. The lowest BCUT2D eigenvalue weighted by atomic mass is 10.1. The summed E-state index contributed by atoms with van der Waals surface area (Å²) in [5.41, 5.74) is 3.02. The van der Waals surface area contributed by atoms with Crippen LogP contribution in [0.5, 0.6) is 0 Å². The van der Waals surface area contributed by atoms with Crippen molar-refractivity contribution in [1.29, 1.82) is 0 Å². The van der Waals surface area contributed by atoms with Crippen LogP contribution in [0.25, 0.3) is 22.8 Å². The van der Waals surface area contributed by atoms with E-state index in [1.165, 1.54) is 0 Å². The van der Waals surface area contributed by atoms with E-state index < -0.39 is 0 Å². The molecular formula is C16H16N4O. The number of rotatable bonds is 2. The molecule has 4 rings (SSSR count). The number of hydrogen-bond acceptors (Lipinski definition) is 3. The number of para-hydroxylation sites is 1. The monoisotopic (exact) mass is 280 g/mol. The molecule has 2 aromatic heterocycles. The van der Waals surface area contributed by atoms with Crippen molar-refractivity contribution in [2.45, 2.75) is 32.1 Å². The van der Waals surface area contributed by atoms with Gasteiger partial charge in [0.1, 0.15) is 5.82 Å². The van der Waals surface area contributed by atoms with Crippen LogP contribution in [0, 0.1) is 0 Å². The fourth-order valence-electron chi connectivity index (χ4n) is 2.83. The van der Waals surface area contributed by atoms with Crippen molar-refractivity contribution in [2.75, 3.05) is 0 Å². The topological polar surface area (TPSA) is 63.0 Å². The minimum Gasteiger partial charge on any atom is -0.317 e. The number of H-pyrrole nitrogens is 1. The van der Waals surface area contributed by atoms with Crippen molar-refractivity contribution in [3.8, 4) is 0 Å². The third kappa shape index (κ3) is 1.67. The molecule has 1 N–H and O–H groups in total. The average Bonchev–Trinajstić information content (AvgIpc) is 3.04. The number of hydrogen-bond donors (Lipinski definition) is 1. The van der Waals surface area contributed by atoms with Crippen molar-refractivity contribution in [2.24, 2.45) is 0 Å². The van der Waals surface area contributed by atoms with Gasteiger partial charge in [0, 0.05) is 5.41 Å². The van der Waals surface area contributed by atoms with Gasteiger partial charge >= 0.3 is 0 Å². The molecule has 106 valence electrons. The number of allylic oxidation sites excluding steroid dienone is 1. The summed E-state index contributed by atoms with van der Waals surface area (Å²) in [6.45, 7) is 4.14. The number of fused-ring (bicyclic) bond motifs is 3. The molecule has 0 unspecified atom stereocenters. The summed E-state index contributed by atoms with van der Waals surface area (Å²) >= 11 is 0. The Labute approximate surface area is 121 Å². The largest absolute Gasteiger partial charge is 0.317 e. The second kappa shape index (κ2) is 4.04. The van der Waals surface area contributed by atoms with Crippen LogP contribution in [-0.4, -0.2) is 19.6 Å². The van der Waals surface area contributed by atoms with Crippen LogP contribution >= 0.6 is 0 Å². The first kappa shape index (κ1) is 12.3. The number of nitrogens with zero attached hydrogens (tertiary/aromatic N) is 3. The van der Waals surface area contributed by atoms with Crippen molar-refractivity contribution in [3.05, 3.63) is 46.0 Å². The third-order valence-electron chi connectivity index (χ3n) is 4.31. The normalized spacial score (nSPS) is 17.0. The van der Waals surface area contributed by atoms with E-state index in [4.69, 9.17) is 0 Å². The molecule has 1 aliphatic rings. The highest BCUT2D eigenvalue weighted by molar-refractivity contribution is 5.86. The molecule has 0 amide bonds. The Hall–Kier alpha value is -2.43. The van der Waals surface area contributed by atoms with Gasteiger partial charge in [-0.05, 0) is 31.4 Å². The van der Waals surface area contributed by atoms with Gasteiger partial charge in [-0.25, -0.2) is 0 Å². The minimum atomic E-state index is -0.192. The molecule has 21 heavy (non-hydrogen) atoms. The van der Waals surface area contributed by atoms with Gasteiger partial charge in [0.15, 0.2) is 0 Å². The summed E-state index contributed by atoms with van der Waals surface area (Å²) in [6.07, 6.45) is 6.15. The lowest BCUT2D eigenvalue weighted by Crippen LogP contribution is -2.14. The zero-order valence-electron chi connectivity index (χ0n) is 12.1. The molecule has 2 heterocycles. The lowest BCUT2D eigenvalue weighted by molar-refractivity contribution is 0.701. The summed E-state index contributed by atoms with van der Waals surface area (Å²) in [6, 6.07) is 5.99. The van der Waals surface area contributed by atoms with Gasteiger partial charge in [-0.15, -0.1) is 10.2 Å². The lowest BCUT2D eigenvalue weighted by Gasteiger charge is -2.10. The molecule has 3 aromatic rings. The van der Waals surface area contributed by atoms with Gasteiger partial charge in [-0.1, -0.05) is 31.2 Å². The molecule has 1 aliphatic carbocycles. The van der Waals surface area contributed by atoms with Crippen molar-refractivity contribution >= 4 is 22.8 Å². The smallest absolute Gasteiger partial charge is 0.294 e. The SMILES string of the molecule is C/C=C/c1cccc2c1[nH]c(=O)c1nnc(C3(C)CC3)n12. The third-order valence-corrected chi connectivity index (χ3v) is 4.31. The Morgan fingerprint density at radius 2 is 2.14 bits per heavy atom. The predicted octanol–water partition coefficient (Wildman–Crippen LogP) is 2.66. The fraction of sp³-hybridized carbons (Fsp3) is 0.312. The molecule has 0 aliphatic heterocycles. The first-order valence-corrected chi connectivity index (χ1v) is 7.17. The van der Waals surface area contributed by atoms with E-state index in [0.717, 1.165) is 35.3 Å². The summed E-state index contributed by atoms with van der Waals surface area (Å²) in [5.74, 6) is 0.895. The molecule has 1 saturated carbocycles. The average molecular weight is 280 g/mol. The van der Waals surface area contributed by atoms with Gasteiger partial charge in [-0.2, -0.15) is 0 Å². The van der Waals surface area contributed by atoms with Crippen molar-refractivity contribution < 1.29 is 0 Å². The maximum absolute atomic E-state index is 12.3. The van der Waals surface area contributed by atoms with E-state index in [1.807, 2.05) is 41.7 Å². The van der Waals surface area contributed by atoms with Crippen LogP contribution in [0.3, 0.4) is 0 Å². The van der Waals surface area contributed by atoms with Gasteiger partial charge in [0.05, 0.1) is 11.0 Å². The Balaban J connectivity index is 2.20. The van der Waals surface area contributed by atoms with E-state index in [1.54, 1.807) is 0 Å². The highest BCUT2D eigenvalue weighted by Crippen LogP contribution is 2.46. The quantitative estimate of drug-likeness (QED) is 0.785. The van der Waals surface area contributed by atoms with E-state index in [0.29, 0.717) is 5.65 Å². The maximum atomic E-state index is 12.3. The van der Waals surface area contributed by atoms with Gasteiger partial charge < -0.3 is 4.98 Å². The van der Waals surface area contributed by atoms with Crippen LogP contribution in [0.2, 0.25) is 0 Å². The molecule has 5 heteroatoms. The fourth-order valence-corrected chi connectivity index (χ4v) is 2.83. The molecule has 5 nitrogen and oxygen atoms in total. The van der Waals surface area contributed by atoms with Gasteiger partial charge in [-0.3, -0.25) is 9.20 Å². The Kier molecular flexibility index (Phi) is 2.37. The van der Waals surface area contributed by atoms with Crippen molar-refractivity contribution in [1.82, 2.24) is 19.6 Å². The zero-order valence-corrected chi connectivity index (χ0v) is 12.1. The summed E-state index contributed by atoms with van der Waals surface area (Å²) in [7, 11) is 0. The maximum Gasteiger partial charge on any atom is 0.294 e. The predicted molar refractivity (Wildman–Crippen MR) is 82.4 cm³/mol. The molecule has 0 radical (unpaired) electrons. The van der Waals surface area contributed by atoms with Crippen LogP contribution in [-0.2, 0) is 5.41 Å². The number of aromatic nitrogens is 4. The standard InChI is InChI=1S/C16H16N4O/c1-3-5-10-6-4-7-11-12(10)17-14(21)13-18-19-15(20(11)13)16(2)8-9-16/h3-7H,8-9H2,1-2H3,(H,17,21)/b5-3+.